The lowest BCUT2D eigenvalue weighted by Gasteiger charge is -2.16. The number of pyridine rings is 1. The zero-order valence-electron chi connectivity index (χ0n) is 14.3. The number of ether oxygens (including phenoxy) is 1. The van der Waals surface area contributed by atoms with Gasteiger partial charge in [0.1, 0.15) is 5.65 Å². The Bertz CT molecular complexity index is 1080. The minimum absolute atomic E-state index is 0.0226. The van der Waals surface area contributed by atoms with Crippen molar-refractivity contribution < 1.29 is 17.9 Å². The molecule has 2 aromatic heterocycles. The van der Waals surface area contributed by atoms with Gasteiger partial charge in [0.05, 0.1) is 16.6 Å². The fourth-order valence-corrected chi connectivity index (χ4v) is 3.10. The number of aromatic nitrogens is 3. The van der Waals surface area contributed by atoms with E-state index in [0.29, 0.717) is 18.6 Å². The molecule has 1 N–H and O–H groups in total. The van der Waals surface area contributed by atoms with E-state index in [1.807, 2.05) is 0 Å². The summed E-state index contributed by atoms with van der Waals surface area (Å²) in [5.41, 5.74) is -1.40. The molecule has 3 aromatic rings. The first kappa shape index (κ1) is 19.2. The Balaban J connectivity index is 2.37. The Morgan fingerprint density at radius 2 is 1.96 bits per heavy atom. The number of hydrogen-bond donors (Lipinski definition) is 1. The Morgan fingerprint density at radius 1 is 1.26 bits per heavy atom. The lowest BCUT2D eigenvalue weighted by molar-refractivity contribution is -0.136. The van der Waals surface area contributed by atoms with Crippen LogP contribution in [0.25, 0.3) is 22.3 Å². The van der Waals surface area contributed by atoms with E-state index in [1.54, 1.807) is 30.3 Å². The summed E-state index contributed by atoms with van der Waals surface area (Å²) in [5.74, 6) is 0. The third-order valence-corrected chi connectivity index (χ3v) is 4.38. The summed E-state index contributed by atoms with van der Waals surface area (Å²) in [4.78, 5) is 19.0. The molecule has 0 unspecified atom stereocenters. The van der Waals surface area contributed by atoms with Crippen LogP contribution in [0.5, 0.6) is 0 Å². The van der Waals surface area contributed by atoms with Crippen LogP contribution < -0.4 is 5.56 Å². The number of methoxy groups -OCH3 is 1. The first-order valence-electron chi connectivity index (χ1n) is 8.12. The topological polar surface area (TPSA) is 59.9 Å². The molecule has 9 heteroatoms. The molecule has 1 aromatic carbocycles. The van der Waals surface area contributed by atoms with E-state index >= 15 is 0 Å². The van der Waals surface area contributed by atoms with Gasteiger partial charge in [0.25, 0.3) is 5.56 Å². The Kier molecular flexibility index (Phi) is 5.43. The average molecular weight is 395 g/mol. The van der Waals surface area contributed by atoms with Crippen LogP contribution in [-0.4, -0.2) is 28.3 Å². The zero-order valence-corrected chi connectivity index (χ0v) is 15.2. The fraction of sp³-hybridized carbons (Fsp3) is 0.278. The number of fused-ring (bicyclic) bond motifs is 1. The maximum atomic E-state index is 13.7. The third kappa shape index (κ3) is 3.93. The van der Waals surface area contributed by atoms with E-state index in [9.17, 15) is 18.0 Å². The molecule has 2 heterocycles. The Morgan fingerprint density at radius 3 is 2.59 bits per heavy atom. The second kappa shape index (κ2) is 7.61. The molecule has 0 fully saturated rings. The molecule has 0 amide bonds. The van der Waals surface area contributed by atoms with Crippen molar-refractivity contribution in [3.63, 3.8) is 0 Å². The summed E-state index contributed by atoms with van der Waals surface area (Å²) in [6.45, 7) is 0.662. The number of H-pyrrole nitrogens is 1. The number of nitrogens with zero attached hydrogens (tertiary/aromatic N) is 2. The number of halogens is 3. The number of alkyl halides is 3. The standard InChI is InChI=1S/C18H16F3N3O2S/c1-26-9-5-8-24-15-14(16(25)23-17(24)27)12(18(19,20)21)10-13(22-15)11-6-3-2-4-7-11/h2-4,6-7,10H,5,8-9H2,1H3,(H,23,25,27). The number of nitrogens with one attached hydrogen (secondary N) is 1. The van der Waals surface area contributed by atoms with Gasteiger partial charge < -0.3 is 9.30 Å². The number of benzene rings is 1. The second-order valence-electron chi connectivity index (χ2n) is 5.87. The molecule has 0 radical (unpaired) electrons. The molecule has 0 bridgehead atoms. The van der Waals surface area contributed by atoms with Gasteiger partial charge in [0, 0.05) is 25.8 Å². The minimum atomic E-state index is -4.72. The second-order valence-corrected chi connectivity index (χ2v) is 6.26. The molecule has 0 aliphatic carbocycles. The first-order valence-corrected chi connectivity index (χ1v) is 8.53. The maximum absolute atomic E-state index is 13.7. The molecule has 0 spiro atoms. The van der Waals surface area contributed by atoms with E-state index < -0.39 is 22.7 Å². The molecule has 5 nitrogen and oxygen atoms in total. The van der Waals surface area contributed by atoms with E-state index in [2.05, 4.69) is 9.97 Å². The van der Waals surface area contributed by atoms with Gasteiger partial charge in [-0.05, 0) is 24.7 Å². The molecular weight excluding hydrogens is 379 g/mol. The quantitative estimate of drug-likeness (QED) is 0.520. The number of hydrogen-bond acceptors (Lipinski definition) is 4. The van der Waals surface area contributed by atoms with Crippen molar-refractivity contribution in [2.75, 3.05) is 13.7 Å². The summed E-state index contributed by atoms with van der Waals surface area (Å²) < 4.78 is 47.5. The average Bonchev–Trinajstić information content (AvgIpc) is 2.63. The SMILES string of the molecule is COCCCn1c(=S)[nH]c(=O)c2c(C(F)(F)F)cc(-c3ccccc3)nc21. The van der Waals surface area contributed by atoms with Crippen molar-refractivity contribution in [1.82, 2.24) is 14.5 Å². The Labute approximate surface area is 157 Å². The Hall–Kier alpha value is -2.52. The van der Waals surface area contributed by atoms with Crippen molar-refractivity contribution in [1.29, 1.82) is 0 Å². The highest BCUT2D eigenvalue weighted by molar-refractivity contribution is 7.71. The van der Waals surface area contributed by atoms with Crippen LogP contribution in [-0.2, 0) is 17.5 Å². The lowest BCUT2D eigenvalue weighted by atomic mass is 10.1. The molecule has 0 atom stereocenters. The van der Waals surface area contributed by atoms with Crippen LogP contribution in [0.2, 0.25) is 0 Å². The molecular formula is C18H16F3N3O2S. The summed E-state index contributed by atoms with van der Waals surface area (Å²) in [6.07, 6.45) is -4.21. The number of rotatable bonds is 5. The van der Waals surface area contributed by atoms with Gasteiger partial charge in [0.15, 0.2) is 4.77 Å². The van der Waals surface area contributed by atoms with Gasteiger partial charge in [-0.25, -0.2) is 4.98 Å². The summed E-state index contributed by atoms with van der Waals surface area (Å²) in [5, 5.41) is -0.520. The van der Waals surface area contributed by atoms with E-state index in [-0.39, 0.29) is 22.7 Å². The van der Waals surface area contributed by atoms with Crippen LogP contribution in [0.1, 0.15) is 12.0 Å². The molecule has 0 saturated heterocycles. The third-order valence-electron chi connectivity index (χ3n) is 4.05. The zero-order chi connectivity index (χ0) is 19.6. The van der Waals surface area contributed by atoms with Crippen LogP contribution in [0.4, 0.5) is 13.2 Å². The largest absolute Gasteiger partial charge is 0.417 e. The van der Waals surface area contributed by atoms with Crippen molar-refractivity contribution >= 4 is 23.3 Å². The van der Waals surface area contributed by atoms with Crippen molar-refractivity contribution in [2.45, 2.75) is 19.1 Å². The minimum Gasteiger partial charge on any atom is -0.385 e. The molecule has 3 rings (SSSR count). The number of aromatic amines is 1. The summed E-state index contributed by atoms with van der Waals surface area (Å²) >= 11 is 5.16. The van der Waals surface area contributed by atoms with Crippen LogP contribution in [0.15, 0.2) is 41.2 Å². The van der Waals surface area contributed by atoms with E-state index in [1.165, 1.54) is 11.7 Å². The van der Waals surface area contributed by atoms with Gasteiger partial charge in [-0.1, -0.05) is 30.3 Å². The van der Waals surface area contributed by atoms with Crippen LogP contribution >= 0.6 is 12.2 Å². The van der Waals surface area contributed by atoms with Crippen molar-refractivity contribution in [2.24, 2.45) is 0 Å². The van der Waals surface area contributed by atoms with Crippen molar-refractivity contribution in [3.8, 4) is 11.3 Å². The fourth-order valence-electron chi connectivity index (χ4n) is 2.83. The smallest absolute Gasteiger partial charge is 0.385 e. The van der Waals surface area contributed by atoms with Gasteiger partial charge in [-0.2, -0.15) is 13.2 Å². The summed E-state index contributed by atoms with van der Waals surface area (Å²) in [7, 11) is 1.53. The maximum Gasteiger partial charge on any atom is 0.417 e. The molecule has 0 aliphatic heterocycles. The molecule has 142 valence electrons. The predicted octanol–water partition coefficient (Wildman–Crippen LogP) is 4.18. The highest BCUT2D eigenvalue weighted by Gasteiger charge is 2.35. The van der Waals surface area contributed by atoms with E-state index in [4.69, 9.17) is 17.0 Å². The van der Waals surface area contributed by atoms with Crippen LogP contribution in [0.3, 0.4) is 0 Å². The molecule has 27 heavy (non-hydrogen) atoms. The predicted molar refractivity (Wildman–Crippen MR) is 98.1 cm³/mol. The highest BCUT2D eigenvalue weighted by Crippen LogP contribution is 2.35. The van der Waals surface area contributed by atoms with Gasteiger partial charge in [-0.3, -0.25) is 9.78 Å². The van der Waals surface area contributed by atoms with Gasteiger partial charge >= 0.3 is 6.18 Å². The normalized spacial score (nSPS) is 11.9. The molecule has 0 aliphatic rings. The van der Waals surface area contributed by atoms with Crippen molar-refractivity contribution in [3.05, 3.63) is 57.1 Å². The van der Waals surface area contributed by atoms with Crippen LogP contribution in [0, 0.1) is 4.77 Å². The summed E-state index contributed by atoms with van der Waals surface area (Å²) in [6, 6.07) is 9.38. The first-order chi connectivity index (χ1) is 12.8. The molecule has 0 saturated carbocycles. The number of aryl methyl sites for hydroxylation is 1. The lowest BCUT2D eigenvalue weighted by Crippen LogP contribution is -2.21. The van der Waals surface area contributed by atoms with E-state index in [0.717, 1.165) is 6.07 Å². The van der Waals surface area contributed by atoms with Gasteiger partial charge in [0.2, 0.25) is 0 Å². The highest BCUT2D eigenvalue weighted by atomic mass is 32.1. The van der Waals surface area contributed by atoms with Gasteiger partial charge in [-0.15, -0.1) is 0 Å². The monoisotopic (exact) mass is 395 g/mol.